The van der Waals surface area contributed by atoms with E-state index >= 15 is 0 Å². The molecule has 2 aromatic heterocycles. The highest BCUT2D eigenvalue weighted by molar-refractivity contribution is 9.10. The number of rotatable bonds is 3. The van der Waals surface area contributed by atoms with E-state index in [1.807, 2.05) is 36.6 Å². The molecule has 0 unspecified atom stereocenters. The molecule has 0 aliphatic heterocycles. The number of hydrogen-bond acceptors (Lipinski definition) is 3. The number of hydrogen-bond donors (Lipinski definition) is 1. The lowest BCUT2D eigenvalue weighted by molar-refractivity contribution is 0.687. The Hall–Kier alpha value is -1.14. The van der Waals surface area contributed by atoms with Crippen molar-refractivity contribution in [1.29, 1.82) is 0 Å². The first-order valence-corrected chi connectivity index (χ1v) is 5.80. The molecule has 0 fully saturated rings. The highest BCUT2D eigenvalue weighted by Gasteiger charge is 2.14. The standard InChI is InChI=1S/C10H14BrN5/c1-7-9(5-12-2)10(15(3)14-7)16-6-8(11)4-13-16/h4,6,12H,5H2,1-3H3. The molecule has 2 rings (SSSR count). The molecular weight excluding hydrogens is 270 g/mol. The minimum atomic E-state index is 0.784. The Labute approximate surface area is 103 Å². The first kappa shape index (κ1) is 11.3. The molecule has 0 spiro atoms. The summed E-state index contributed by atoms with van der Waals surface area (Å²) < 4.78 is 4.64. The van der Waals surface area contributed by atoms with Gasteiger partial charge in [0.05, 0.1) is 16.4 Å². The summed E-state index contributed by atoms with van der Waals surface area (Å²) in [5.41, 5.74) is 2.19. The second-order valence-electron chi connectivity index (χ2n) is 3.64. The quantitative estimate of drug-likeness (QED) is 0.926. The number of halogens is 1. The summed E-state index contributed by atoms with van der Waals surface area (Å²) >= 11 is 3.40. The third kappa shape index (κ3) is 1.90. The van der Waals surface area contributed by atoms with Gasteiger partial charge in [0, 0.05) is 25.4 Å². The fourth-order valence-corrected chi connectivity index (χ4v) is 2.06. The first-order chi connectivity index (χ1) is 7.63. The number of aromatic nitrogens is 4. The number of nitrogens with zero attached hydrogens (tertiary/aromatic N) is 4. The predicted molar refractivity (Wildman–Crippen MR) is 65.5 cm³/mol. The van der Waals surface area contributed by atoms with Gasteiger partial charge in [-0.1, -0.05) is 0 Å². The molecule has 0 atom stereocenters. The molecule has 86 valence electrons. The van der Waals surface area contributed by atoms with E-state index < -0.39 is 0 Å². The third-order valence-corrected chi connectivity index (χ3v) is 2.84. The van der Waals surface area contributed by atoms with Crippen LogP contribution in [0.5, 0.6) is 0 Å². The zero-order valence-corrected chi connectivity index (χ0v) is 11.1. The summed E-state index contributed by atoms with van der Waals surface area (Å²) in [5.74, 6) is 0.998. The number of nitrogens with one attached hydrogen (secondary N) is 1. The molecule has 0 radical (unpaired) electrons. The van der Waals surface area contributed by atoms with Gasteiger partial charge < -0.3 is 5.32 Å². The molecule has 0 aliphatic rings. The van der Waals surface area contributed by atoms with E-state index in [2.05, 4.69) is 31.4 Å². The zero-order chi connectivity index (χ0) is 11.7. The topological polar surface area (TPSA) is 47.7 Å². The second-order valence-corrected chi connectivity index (χ2v) is 4.56. The fraction of sp³-hybridized carbons (Fsp3) is 0.400. The van der Waals surface area contributed by atoms with Crippen molar-refractivity contribution in [2.75, 3.05) is 7.05 Å². The Morgan fingerprint density at radius 1 is 1.50 bits per heavy atom. The summed E-state index contributed by atoms with van der Waals surface area (Å²) in [7, 11) is 3.85. The maximum Gasteiger partial charge on any atom is 0.156 e. The van der Waals surface area contributed by atoms with Crippen molar-refractivity contribution in [3.05, 3.63) is 28.1 Å². The maximum atomic E-state index is 4.42. The molecule has 0 saturated carbocycles. The Morgan fingerprint density at radius 3 is 2.81 bits per heavy atom. The maximum absolute atomic E-state index is 4.42. The molecule has 0 aliphatic carbocycles. The second kappa shape index (κ2) is 4.39. The van der Waals surface area contributed by atoms with Crippen molar-refractivity contribution in [1.82, 2.24) is 24.9 Å². The Morgan fingerprint density at radius 2 is 2.25 bits per heavy atom. The van der Waals surface area contributed by atoms with Gasteiger partial charge in [0.2, 0.25) is 0 Å². The monoisotopic (exact) mass is 283 g/mol. The molecule has 0 bridgehead atoms. The molecule has 0 amide bonds. The highest BCUT2D eigenvalue weighted by atomic mass is 79.9. The van der Waals surface area contributed by atoms with E-state index in [-0.39, 0.29) is 0 Å². The van der Waals surface area contributed by atoms with Crippen molar-refractivity contribution >= 4 is 15.9 Å². The zero-order valence-electron chi connectivity index (χ0n) is 9.53. The van der Waals surface area contributed by atoms with Crippen LogP contribution in [0.25, 0.3) is 5.82 Å². The summed E-state index contributed by atoms with van der Waals surface area (Å²) in [6.07, 6.45) is 3.70. The van der Waals surface area contributed by atoms with Gasteiger partial charge in [0.15, 0.2) is 5.82 Å². The molecule has 0 aromatic carbocycles. The largest absolute Gasteiger partial charge is 0.315 e. The minimum Gasteiger partial charge on any atom is -0.315 e. The minimum absolute atomic E-state index is 0.784. The first-order valence-electron chi connectivity index (χ1n) is 5.01. The van der Waals surface area contributed by atoms with Crippen LogP contribution in [-0.2, 0) is 13.6 Å². The van der Waals surface area contributed by atoms with Gasteiger partial charge in [0.25, 0.3) is 0 Å². The smallest absolute Gasteiger partial charge is 0.156 e. The van der Waals surface area contributed by atoms with E-state index in [0.29, 0.717) is 0 Å². The fourth-order valence-electron chi connectivity index (χ4n) is 1.78. The van der Waals surface area contributed by atoms with Crippen LogP contribution in [-0.4, -0.2) is 26.6 Å². The van der Waals surface area contributed by atoms with E-state index in [0.717, 1.165) is 22.5 Å². The molecule has 16 heavy (non-hydrogen) atoms. The normalized spacial score (nSPS) is 11.0. The SMILES string of the molecule is CNCc1c(C)nn(C)c1-n1cc(Br)cn1. The van der Waals surface area contributed by atoms with Gasteiger partial charge in [0.1, 0.15) is 0 Å². The van der Waals surface area contributed by atoms with Crippen LogP contribution in [0.2, 0.25) is 0 Å². The average molecular weight is 284 g/mol. The van der Waals surface area contributed by atoms with E-state index in [1.54, 1.807) is 6.20 Å². The van der Waals surface area contributed by atoms with Crippen LogP contribution < -0.4 is 5.32 Å². The van der Waals surface area contributed by atoms with Crippen LogP contribution in [0.4, 0.5) is 0 Å². The van der Waals surface area contributed by atoms with Gasteiger partial charge in [-0.3, -0.25) is 4.68 Å². The van der Waals surface area contributed by atoms with Crippen LogP contribution >= 0.6 is 15.9 Å². The van der Waals surface area contributed by atoms with Gasteiger partial charge in [-0.2, -0.15) is 10.2 Å². The Bertz CT molecular complexity index is 499. The molecule has 0 saturated heterocycles. The van der Waals surface area contributed by atoms with Crippen LogP contribution in [0.3, 0.4) is 0 Å². The van der Waals surface area contributed by atoms with Gasteiger partial charge in [-0.15, -0.1) is 0 Å². The lowest BCUT2D eigenvalue weighted by atomic mass is 10.2. The van der Waals surface area contributed by atoms with Crippen LogP contribution in [0.15, 0.2) is 16.9 Å². The van der Waals surface area contributed by atoms with Crippen LogP contribution in [0.1, 0.15) is 11.3 Å². The predicted octanol–water partition coefficient (Wildman–Crippen LogP) is 1.40. The summed E-state index contributed by atoms with van der Waals surface area (Å²) in [5, 5.41) is 11.8. The molecule has 5 nitrogen and oxygen atoms in total. The lowest BCUT2D eigenvalue weighted by Crippen LogP contribution is -2.11. The molecule has 1 N–H and O–H groups in total. The van der Waals surface area contributed by atoms with Crippen molar-refractivity contribution < 1.29 is 0 Å². The Kier molecular flexibility index (Phi) is 3.11. The van der Waals surface area contributed by atoms with Gasteiger partial charge in [-0.05, 0) is 29.9 Å². The molecule has 2 heterocycles. The summed E-state index contributed by atoms with van der Waals surface area (Å²) in [6.45, 7) is 2.79. The molecule has 6 heteroatoms. The van der Waals surface area contributed by atoms with E-state index in [1.165, 1.54) is 5.56 Å². The average Bonchev–Trinajstić information content (AvgIpc) is 2.73. The van der Waals surface area contributed by atoms with Crippen LogP contribution in [0, 0.1) is 6.92 Å². The Balaban J connectivity index is 2.54. The van der Waals surface area contributed by atoms with E-state index in [4.69, 9.17) is 0 Å². The third-order valence-electron chi connectivity index (χ3n) is 2.43. The summed E-state index contributed by atoms with van der Waals surface area (Å²) in [6, 6.07) is 0. The number of aryl methyl sites for hydroxylation is 2. The molecular formula is C10H14BrN5. The van der Waals surface area contributed by atoms with Crippen molar-refractivity contribution in [2.24, 2.45) is 7.05 Å². The van der Waals surface area contributed by atoms with Gasteiger partial charge in [-0.25, -0.2) is 4.68 Å². The van der Waals surface area contributed by atoms with Crippen molar-refractivity contribution in [2.45, 2.75) is 13.5 Å². The molecule has 2 aromatic rings. The summed E-state index contributed by atoms with van der Waals surface area (Å²) in [4.78, 5) is 0. The lowest BCUT2D eigenvalue weighted by Gasteiger charge is -2.05. The van der Waals surface area contributed by atoms with Crippen molar-refractivity contribution in [3.8, 4) is 5.82 Å². The van der Waals surface area contributed by atoms with Gasteiger partial charge >= 0.3 is 0 Å². The highest BCUT2D eigenvalue weighted by Crippen LogP contribution is 2.18. The van der Waals surface area contributed by atoms with E-state index in [9.17, 15) is 0 Å². The van der Waals surface area contributed by atoms with Crippen molar-refractivity contribution in [3.63, 3.8) is 0 Å².